The molecule has 0 heterocycles. The van der Waals surface area contributed by atoms with Gasteiger partial charge in [-0.3, -0.25) is 10.1 Å². The molecule has 2 N–H and O–H groups in total. The van der Waals surface area contributed by atoms with E-state index in [2.05, 4.69) is 15.8 Å². The molecule has 0 spiro atoms. The van der Waals surface area contributed by atoms with E-state index in [1.807, 2.05) is 30.3 Å². The number of nitro benzene ring substituents is 1. The van der Waals surface area contributed by atoms with Gasteiger partial charge >= 0.3 is 6.03 Å². The number of rotatable bonds is 9. The number of nitrogens with zero attached hydrogens (tertiary/aromatic N) is 2. The molecule has 0 aliphatic carbocycles. The average Bonchev–Trinajstić information content (AvgIpc) is 2.78. The van der Waals surface area contributed by atoms with Crippen LogP contribution in [0.3, 0.4) is 0 Å². The number of carbonyl (C=O) groups excluding carboxylic acids is 1. The molecule has 9 nitrogen and oxygen atoms in total. The number of nitro groups is 1. The molecule has 3 aromatic carbocycles. The van der Waals surface area contributed by atoms with Crippen molar-refractivity contribution in [3.05, 3.63) is 94.5 Å². The maximum Gasteiger partial charge on any atom is 0.339 e. The molecule has 0 unspecified atom stereocenters. The summed E-state index contributed by atoms with van der Waals surface area (Å²) in [7, 11) is 0. The third-order valence-electron chi connectivity index (χ3n) is 3.98. The van der Waals surface area contributed by atoms with Crippen LogP contribution in [0.2, 0.25) is 0 Å². The quantitative estimate of drug-likeness (QED) is 0.233. The van der Waals surface area contributed by atoms with Crippen LogP contribution in [0.15, 0.2) is 84.0 Å². The number of ether oxygens (including phenoxy) is 2. The van der Waals surface area contributed by atoms with Gasteiger partial charge in [0.05, 0.1) is 11.1 Å². The molecule has 3 aromatic rings. The highest BCUT2D eigenvalue weighted by Crippen LogP contribution is 2.18. The molecule has 2 amide bonds. The lowest BCUT2D eigenvalue weighted by molar-refractivity contribution is -0.384. The summed E-state index contributed by atoms with van der Waals surface area (Å²) < 4.78 is 11.2. The number of hydrogen-bond acceptors (Lipinski definition) is 6. The third kappa shape index (κ3) is 6.86. The number of benzene rings is 3. The molecule has 0 aromatic heterocycles. The lowest BCUT2D eigenvalue weighted by Crippen LogP contribution is -2.24. The van der Waals surface area contributed by atoms with Gasteiger partial charge in [-0.2, -0.15) is 5.10 Å². The van der Waals surface area contributed by atoms with Gasteiger partial charge in [0.25, 0.3) is 5.69 Å². The number of urea groups is 1. The zero-order chi connectivity index (χ0) is 21.9. The van der Waals surface area contributed by atoms with Crippen molar-refractivity contribution in [2.75, 3.05) is 18.5 Å². The van der Waals surface area contributed by atoms with Crippen LogP contribution in [-0.2, 0) is 0 Å². The molecule has 158 valence electrons. The fourth-order valence-electron chi connectivity index (χ4n) is 2.53. The van der Waals surface area contributed by atoms with Crippen molar-refractivity contribution in [1.29, 1.82) is 0 Å². The summed E-state index contributed by atoms with van der Waals surface area (Å²) in [5.74, 6) is 1.08. The Morgan fingerprint density at radius 1 is 0.935 bits per heavy atom. The van der Waals surface area contributed by atoms with Gasteiger partial charge in [-0.05, 0) is 36.4 Å². The van der Waals surface area contributed by atoms with Gasteiger partial charge in [-0.1, -0.05) is 30.3 Å². The Morgan fingerprint density at radius 2 is 1.61 bits per heavy atom. The molecule has 9 heteroatoms. The molecular formula is C22H20N4O5. The first-order chi connectivity index (χ1) is 15.1. The van der Waals surface area contributed by atoms with E-state index in [0.29, 0.717) is 22.7 Å². The van der Waals surface area contributed by atoms with E-state index in [4.69, 9.17) is 9.47 Å². The maximum absolute atomic E-state index is 11.9. The van der Waals surface area contributed by atoms with Crippen LogP contribution in [-0.4, -0.2) is 30.4 Å². The summed E-state index contributed by atoms with van der Waals surface area (Å²) in [6, 6.07) is 21.6. The van der Waals surface area contributed by atoms with Gasteiger partial charge in [-0.25, -0.2) is 10.2 Å². The first-order valence-corrected chi connectivity index (χ1v) is 9.36. The Kier molecular flexibility index (Phi) is 7.53. The van der Waals surface area contributed by atoms with Crippen LogP contribution in [0.4, 0.5) is 16.2 Å². The van der Waals surface area contributed by atoms with Crippen molar-refractivity contribution in [2.24, 2.45) is 5.10 Å². The number of nitrogens with one attached hydrogen (secondary N) is 2. The van der Waals surface area contributed by atoms with E-state index in [-0.39, 0.29) is 18.9 Å². The largest absolute Gasteiger partial charge is 0.490 e. The lowest BCUT2D eigenvalue weighted by Gasteiger charge is -2.10. The lowest BCUT2D eigenvalue weighted by atomic mass is 10.2. The molecule has 0 saturated carbocycles. The van der Waals surface area contributed by atoms with Gasteiger partial charge in [0.2, 0.25) is 0 Å². The molecule has 0 fully saturated rings. The van der Waals surface area contributed by atoms with Gasteiger partial charge in [0, 0.05) is 23.4 Å². The van der Waals surface area contributed by atoms with Crippen molar-refractivity contribution in [2.45, 2.75) is 0 Å². The SMILES string of the molecule is O=C(N/N=C/c1ccccc1OCCOc1ccc([N+](=O)[O-])cc1)Nc1ccccc1. The second kappa shape index (κ2) is 11.0. The van der Waals surface area contributed by atoms with Gasteiger partial charge in [0.15, 0.2) is 0 Å². The molecule has 3 rings (SSSR count). The zero-order valence-corrected chi connectivity index (χ0v) is 16.4. The Hall–Kier alpha value is -4.40. The number of hydrazone groups is 1. The minimum Gasteiger partial charge on any atom is -0.490 e. The first-order valence-electron chi connectivity index (χ1n) is 9.36. The fourth-order valence-corrected chi connectivity index (χ4v) is 2.53. The summed E-state index contributed by atoms with van der Waals surface area (Å²) >= 11 is 0. The third-order valence-corrected chi connectivity index (χ3v) is 3.98. The fraction of sp³-hybridized carbons (Fsp3) is 0.0909. The summed E-state index contributed by atoms with van der Waals surface area (Å²) in [4.78, 5) is 22.1. The van der Waals surface area contributed by atoms with Crippen molar-refractivity contribution >= 4 is 23.6 Å². The molecule has 0 aliphatic rings. The highest BCUT2D eigenvalue weighted by Gasteiger charge is 2.05. The van der Waals surface area contributed by atoms with E-state index in [1.54, 1.807) is 24.3 Å². The van der Waals surface area contributed by atoms with E-state index in [0.717, 1.165) is 0 Å². The normalized spacial score (nSPS) is 10.5. The zero-order valence-electron chi connectivity index (χ0n) is 16.4. The second-order valence-electron chi connectivity index (χ2n) is 6.18. The second-order valence-corrected chi connectivity index (χ2v) is 6.18. The number of para-hydroxylation sites is 2. The van der Waals surface area contributed by atoms with Crippen molar-refractivity contribution in [3.63, 3.8) is 0 Å². The smallest absolute Gasteiger partial charge is 0.339 e. The number of carbonyl (C=O) groups is 1. The van der Waals surface area contributed by atoms with E-state index < -0.39 is 11.0 Å². The molecule has 0 atom stereocenters. The summed E-state index contributed by atoms with van der Waals surface area (Å²) in [6.45, 7) is 0.505. The van der Waals surface area contributed by atoms with Crippen LogP contribution >= 0.6 is 0 Å². The Bertz CT molecular complexity index is 1040. The Morgan fingerprint density at radius 3 is 2.35 bits per heavy atom. The number of amides is 2. The van der Waals surface area contributed by atoms with Crippen LogP contribution in [0.25, 0.3) is 0 Å². The van der Waals surface area contributed by atoms with E-state index >= 15 is 0 Å². The van der Waals surface area contributed by atoms with Crippen LogP contribution in [0, 0.1) is 10.1 Å². The highest BCUT2D eigenvalue weighted by molar-refractivity contribution is 5.90. The first kappa shape index (κ1) is 21.3. The predicted molar refractivity (Wildman–Crippen MR) is 117 cm³/mol. The molecule has 0 radical (unpaired) electrons. The topological polar surface area (TPSA) is 115 Å². The molecule has 0 aliphatic heterocycles. The van der Waals surface area contributed by atoms with Gasteiger partial charge in [0.1, 0.15) is 24.7 Å². The molecule has 0 bridgehead atoms. The van der Waals surface area contributed by atoms with Crippen LogP contribution < -0.4 is 20.2 Å². The number of anilines is 1. The Labute approximate surface area is 178 Å². The van der Waals surface area contributed by atoms with E-state index in [9.17, 15) is 14.9 Å². The van der Waals surface area contributed by atoms with Crippen LogP contribution in [0.5, 0.6) is 11.5 Å². The standard InChI is InChI=1S/C22H20N4O5/c27-22(24-18-7-2-1-3-8-18)25-23-16-17-6-4-5-9-21(17)31-15-14-30-20-12-10-19(11-13-20)26(28)29/h1-13,16H,14-15H2,(H2,24,25,27)/b23-16+. The molecule has 0 saturated heterocycles. The summed E-state index contributed by atoms with van der Waals surface area (Å²) in [5.41, 5.74) is 3.74. The summed E-state index contributed by atoms with van der Waals surface area (Å²) in [5, 5.41) is 17.3. The van der Waals surface area contributed by atoms with Crippen molar-refractivity contribution in [1.82, 2.24) is 5.43 Å². The van der Waals surface area contributed by atoms with Crippen molar-refractivity contribution < 1.29 is 19.2 Å². The molecule has 31 heavy (non-hydrogen) atoms. The Balaban J connectivity index is 1.46. The van der Waals surface area contributed by atoms with Gasteiger partial charge < -0.3 is 14.8 Å². The van der Waals surface area contributed by atoms with E-state index in [1.165, 1.54) is 30.5 Å². The number of hydrogen-bond donors (Lipinski definition) is 2. The predicted octanol–water partition coefficient (Wildman–Crippen LogP) is 4.21. The molecular weight excluding hydrogens is 400 g/mol. The monoisotopic (exact) mass is 420 g/mol. The number of non-ortho nitro benzene ring substituents is 1. The highest BCUT2D eigenvalue weighted by atomic mass is 16.6. The minimum absolute atomic E-state index is 0.00266. The summed E-state index contributed by atoms with van der Waals surface area (Å²) in [6.07, 6.45) is 1.48. The van der Waals surface area contributed by atoms with Crippen molar-refractivity contribution in [3.8, 4) is 11.5 Å². The minimum atomic E-state index is -0.467. The average molecular weight is 420 g/mol. The maximum atomic E-state index is 11.9. The van der Waals surface area contributed by atoms with Crippen LogP contribution in [0.1, 0.15) is 5.56 Å². The van der Waals surface area contributed by atoms with Gasteiger partial charge in [-0.15, -0.1) is 0 Å².